The maximum absolute atomic E-state index is 11.8. The summed E-state index contributed by atoms with van der Waals surface area (Å²) in [6, 6.07) is -0.758. The monoisotopic (exact) mass is 249 g/mol. The number of carbonyl (C=O) groups is 2. The molecule has 0 bridgehead atoms. The van der Waals surface area contributed by atoms with Crippen molar-refractivity contribution in [2.45, 2.75) is 45.3 Å². The Balaban J connectivity index is 0.00000225. The molecule has 0 aromatic carbocycles. The number of hydrogen-bond donors (Lipinski definition) is 2. The van der Waals surface area contributed by atoms with Crippen LogP contribution in [0.4, 0.5) is 0 Å². The highest BCUT2D eigenvalue weighted by molar-refractivity contribution is 5.90. The Morgan fingerprint density at radius 1 is 1.50 bits per heavy atom. The van der Waals surface area contributed by atoms with Crippen LogP contribution in [0.25, 0.3) is 0 Å². The quantitative estimate of drug-likeness (QED) is 0.732. The van der Waals surface area contributed by atoms with Crippen LogP contribution in [0.2, 0.25) is 0 Å². The fourth-order valence-corrected chi connectivity index (χ4v) is 1.65. The van der Waals surface area contributed by atoms with Crippen LogP contribution < -0.4 is 11.1 Å². The molecule has 94 valence electrons. The highest BCUT2D eigenvalue weighted by Gasteiger charge is 2.34. The van der Waals surface area contributed by atoms with Crippen molar-refractivity contribution in [2.24, 2.45) is 5.73 Å². The van der Waals surface area contributed by atoms with Gasteiger partial charge in [0.05, 0.1) is 6.04 Å². The van der Waals surface area contributed by atoms with Crippen LogP contribution >= 0.6 is 12.4 Å². The van der Waals surface area contributed by atoms with Gasteiger partial charge in [0.2, 0.25) is 11.8 Å². The summed E-state index contributed by atoms with van der Waals surface area (Å²) in [5.41, 5.74) is 5.42. The number of amides is 2. The zero-order valence-corrected chi connectivity index (χ0v) is 10.7. The molecule has 0 aromatic rings. The first-order valence-electron chi connectivity index (χ1n) is 5.30. The number of nitrogens with one attached hydrogen (secondary N) is 1. The van der Waals surface area contributed by atoms with Crippen LogP contribution in [0.1, 0.15) is 27.2 Å². The van der Waals surface area contributed by atoms with E-state index >= 15 is 0 Å². The van der Waals surface area contributed by atoms with Crippen molar-refractivity contribution < 1.29 is 9.59 Å². The Bertz CT molecular complexity index is 269. The molecule has 3 N–H and O–H groups in total. The van der Waals surface area contributed by atoms with E-state index in [1.807, 2.05) is 13.8 Å². The lowest BCUT2D eigenvalue weighted by Crippen LogP contribution is -2.48. The van der Waals surface area contributed by atoms with E-state index in [2.05, 4.69) is 5.32 Å². The van der Waals surface area contributed by atoms with E-state index in [-0.39, 0.29) is 36.3 Å². The number of rotatable bonds is 3. The summed E-state index contributed by atoms with van der Waals surface area (Å²) in [6.45, 7) is 6.25. The van der Waals surface area contributed by atoms with Gasteiger partial charge in [-0.1, -0.05) is 0 Å². The fourth-order valence-electron chi connectivity index (χ4n) is 1.65. The van der Waals surface area contributed by atoms with Crippen molar-refractivity contribution in [1.29, 1.82) is 0 Å². The van der Waals surface area contributed by atoms with Crippen molar-refractivity contribution in [1.82, 2.24) is 10.2 Å². The first kappa shape index (κ1) is 15.2. The molecule has 5 nitrogen and oxygen atoms in total. The van der Waals surface area contributed by atoms with Crippen LogP contribution in [0, 0.1) is 0 Å². The lowest BCUT2D eigenvalue weighted by Gasteiger charge is -2.21. The standard InChI is InChI=1S/C10H19N3O2.ClH/c1-6(2)13-5-4-8(10(13)15)12-9(14)7(3)11;/h6-8H,4-5,11H2,1-3H3,(H,12,14);1H/t7-,8?;/m1./s1. The lowest BCUT2D eigenvalue weighted by molar-refractivity contribution is -0.133. The number of nitrogens with two attached hydrogens (primary N) is 1. The molecule has 1 unspecified atom stereocenters. The number of carbonyl (C=O) groups excluding carboxylic acids is 2. The van der Waals surface area contributed by atoms with Gasteiger partial charge < -0.3 is 16.0 Å². The second kappa shape index (κ2) is 6.06. The zero-order valence-electron chi connectivity index (χ0n) is 9.90. The third-order valence-electron chi connectivity index (χ3n) is 2.59. The molecule has 2 amide bonds. The number of nitrogens with zero attached hydrogens (tertiary/aromatic N) is 1. The second-order valence-electron chi connectivity index (χ2n) is 4.26. The Morgan fingerprint density at radius 3 is 2.44 bits per heavy atom. The molecule has 2 atom stereocenters. The molecule has 1 heterocycles. The largest absolute Gasteiger partial charge is 0.343 e. The first-order chi connectivity index (χ1) is 6.93. The molecule has 0 saturated carbocycles. The number of likely N-dealkylation sites (tertiary alicyclic amines) is 1. The van der Waals surface area contributed by atoms with Gasteiger partial charge in [-0.3, -0.25) is 9.59 Å². The smallest absolute Gasteiger partial charge is 0.245 e. The van der Waals surface area contributed by atoms with E-state index in [1.165, 1.54) is 0 Å². The summed E-state index contributed by atoms with van der Waals surface area (Å²) >= 11 is 0. The maximum Gasteiger partial charge on any atom is 0.245 e. The zero-order chi connectivity index (χ0) is 11.6. The van der Waals surface area contributed by atoms with E-state index in [0.29, 0.717) is 13.0 Å². The summed E-state index contributed by atoms with van der Waals surface area (Å²) in [5, 5.41) is 2.66. The minimum atomic E-state index is -0.564. The normalized spacial score (nSPS) is 21.9. The molecule has 0 spiro atoms. The SMILES string of the molecule is CC(C)N1CCC(NC(=O)[C@@H](C)N)C1=O.Cl. The van der Waals surface area contributed by atoms with Crippen LogP contribution in [-0.2, 0) is 9.59 Å². The summed E-state index contributed by atoms with van der Waals surface area (Å²) in [7, 11) is 0. The summed E-state index contributed by atoms with van der Waals surface area (Å²) in [6.07, 6.45) is 0.676. The van der Waals surface area contributed by atoms with E-state index in [9.17, 15) is 9.59 Å². The Hall–Kier alpha value is -0.810. The van der Waals surface area contributed by atoms with Gasteiger partial charge in [-0.05, 0) is 27.2 Å². The van der Waals surface area contributed by atoms with E-state index in [0.717, 1.165) is 0 Å². The van der Waals surface area contributed by atoms with Crippen molar-refractivity contribution in [3.63, 3.8) is 0 Å². The van der Waals surface area contributed by atoms with E-state index in [4.69, 9.17) is 5.73 Å². The van der Waals surface area contributed by atoms with E-state index < -0.39 is 6.04 Å². The predicted octanol–water partition coefficient (Wildman–Crippen LogP) is -0.119. The predicted molar refractivity (Wildman–Crippen MR) is 64.3 cm³/mol. The topological polar surface area (TPSA) is 75.4 Å². The fraction of sp³-hybridized carbons (Fsp3) is 0.800. The molecule has 1 saturated heterocycles. The van der Waals surface area contributed by atoms with Crippen LogP contribution in [-0.4, -0.2) is 41.4 Å². The van der Waals surface area contributed by atoms with E-state index in [1.54, 1.807) is 11.8 Å². The number of hydrogen-bond acceptors (Lipinski definition) is 3. The summed E-state index contributed by atoms with van der Waals surface area (Å²) in [4.78, 5) is 24.9. The van der Waals surface area contributed by atoms with Crippen molar-refractivity contribution in [3.05, 3.63) is 0 Å². The molecule has 0 radical (unpaired) electrons. The molecule has 1 rings (SSSR count). The minimum Gasteiger partial charge on any atom is -0.343 e. The van der Waals surface area contributed by atoms with Gasteiger partial charge >= 0.3 is 0 Å². The van der Waals surface area contributed by atoms with Crippen LogP contribution in [0.15, 0.2) is 0 Å². The third kappa shape index (κ3) is 3.35. The van der Waals surface area contributed by atoms with Gasteiger partial charge in [-0.25, -0.2) is 0 Å². The summed E-state index contributed by atoms with van der Waals surface area (Å²) < 4.78 is 0. The van der Waals surface area contributed by atoms with Gasteiger partial charge in [0.15, 0.2) is 0 Å². The number of halogens is 1. The Kier molecular flexibility index (Phi) is 5.75. The van der Waals surface area contributed by atoms with Gasteiger partial charge in [0.25, 0.3) is 0 Å². The third-order valence-corrected chi connectivity index (χ3v) is 2.59. The highest BCUT2D eigenvalue weighted by Crippen LogP contribution is 2.14. The first-order valence-corrected chi connectivity index (χ1v) is 5.30. The molecule has 16 heavy (non-hydrogen) atoms. The van der Waals surface area contributed by atoms with Gasteiger partial charge in [-0.2, -0.15) is 0 Å². The molecule has 1 aliphatic rings. The minimum absolute atomic E-state index is 0. The van der Waals surface area contributed by atoms with Crippen molar-refractivity contribution >= 4 is 24.2 Å². The molecule has 0 aromatic heterocycles. The molecule has 6 heteroatoms. The molecule has 1 aliphatic heterocycles. The molecular formula is C10H20ClN3O2. The Morgan fingerprint density at radius 2 is 2.06 bits per heavy atom. The van der Waals surface area contributed by atoms with Gasteiger partial charge in [0, 0.05) is 12.6 Å². The second-order valence-corrected chi connectivity index (χ2v) is 4.26. The van der Waals surface area contributed by atoms with Crippen LogP contribution in [0.5, 0.6) is 0 Å². The average molecular weight is 250 g/mol. The Labute approximate surface area is 102 Å². The lowest BCUT2D eigenvalue weighted by atomic mass is 10.2. The molecule has 0 aliphatic carbocycles. The van der Waals surface area contributed by atoms with Crippen molar-refractivity contribution in [2.75, 3.05) is 6.54 Å². The molecule has 1 fully saturated rings. The maximum atomic E-state index is 11.8. The molecular weight excluding hydrogens is 230 g/mol. The van der Waals surface area contributed by atoms with Crippen LogP contribution in [0.3, 0.4) is 0 Å². The van der Waals surface area contributed by atoms with Gasteiger partial charge in [-0.15, -0.1) is 12.4 Å². The summed E-state index contributed by atoms with van der Waals surface area (Å²) in [5.74, 6) is -0.266. The van der Waals surface area contributed by atoms with Gasteiger partial charge in [0.1, 0.15) is 6.04 Å². The average Bonchev–Trinajstić information content (AvgIpc) is 2.48. The van der Waals surface area contributed by atoms with Crippen molar-refractivity contribution in [3.8, 4) is 0 Å². The highest BCUT2D eigenvalue weighted by atomic mass is 35.5.